The third-order valence-corrected chi connectivity index (χ3v) is 5.13. The molecule has 0 amide bonds. The fourth-order valence-corrected chi connectivity index (χ4v) is 3.58. The zero-order valence-corrected chi connectivity index (χ0v) is 13.5. The van der Waals surface area contributed by atoms with Gasteiger partial charge in [0.2, 0.25) is 0 Å². The van der Waals surface area contributed by atoms with E-state index in [4.69, 9.17) is 9.47 Å². The SMILES string of the molecule is CC1OC(C)C(C(=O)c2ccc3c(c2)C(C)(C)CO3)C1C. The third kappa shape index (κ3) is 2.28. The van der Waals surface area contributed by atoms with E-state index in [-0.39, 0.29) is 35.2 Å². The Morgan fingerprint density at radius 1 is 1.19 bits per heavy atom. The Bertz CT molecular complexity index is 576. The molecular weight excluding hydrogens is 264 g/mol. The van der Waals surface area contributed by atoms with Gasteiger partial charge in [-0.15, -0.1) is 0 Å². The quantitative estimate of drug-likeness (QED) is 0.780. The van der Waals surface area contributed by atoms with Crippen LogP contribution in [-0.2, 0) is 10.2 Å². The molecule has 1 aromatic carbocycles. The second-order valence-electron chi connectivity index (χ2n) is 7.18. The van der Waals surface area contributed by atoms with Crippen molar-refractivity contribution in [3.63, 3.8) is 0 Å². The van der Waals surface area contributed by atoms with Gasteiger partial charge in [0.25, 0.3) is 0 Å². The van der Waals surface area contributed by atoms with Crippen LogP contribution in [0.3, 0.4) is 0 Å². The van der Waals surface area contributed by atoms with Gasteiger partial charge in [0.15, 0.2) is 5.78 Å². The minimum Gasteiger partial charge on any atom is -0.492 e. The van der Waals surface area contributed by atoms with Gasteiger partial charge in [-0.05, 0) is 38.0 Å². The first-order valence-electron chi connectivity index (χ1n) is 7.78. The Hall–Kier alpha value is -1.35. The maximum Gasteiger partial charge on any atom is 0.168 e. The van der Waals surface area contributed by atoms with E-state index >= 15 is 0 Å². The standard InChI is InChI=1S/C18H24O3/c1-10-11(2)21-12(3)16(10)17(19)13-6-7-15-14(8-13)18(4,5)9-20-15/h6-8,10-12,16H,9H2,1-5H3. The monoisotopic (exact) mass is 288 g/mol. The molecule has 0 N–H and O–H groups in total. The molecule has 4 atom stereocenters. The first-order valence-corrected chi connectivity index (χ1v) is 7.78. The van der Waals surface area contributed by atoms with Crippen molar-refractivity contribution < 1.29 is 14.3 Å². The van der Waals surface area contributed by atoms with Crippen molar-refractivity contribution >= 4 is 5.78 Å². The molecule has 3 heteroatoms. The number of hydrogen-bond acceptors (Lipinski definition) is 3. The van der Waals surface area contributed by atoms with Gasteiger partial charge in [-0.2, -0.15) is 0 Å². The Balaban J connectivity index is 1.93. The Morgan fingerprint density at radius 3 is 2.52 bits per heavy atom. The Kier molecular flexibility index (Phi) is 3.36. The molecule has 4 unspecified atom stereocenters. The number of rotatable bonds is 2. The lowest BCUT2D eigenvalue weighted by atomic mass is 9.81. The molecule has 0 spiro atoms. The molecule has 0 aromatic heterocycles. The fourth-order valence-electron chi connectivity index (χ4n) is 3.58. The van der Waals surface area contributed by atoms with Gasteiger partial charge in [-0.25, -0.2) is 0 Å². The highest BCUT2D eigenvalue weighted by Crippen LogP contribution is 2.40. The number of carbonyl (C=O) groups excluding carboxylic acids is 1. The molecule has 1 saturated heterocycles. The van der Waals surface area contributed by atoms with Gasteiger partial charge in [0.05, 0.1) is 24.7 Å². The normalized spacial score (nSPS) is 33.6. The molecule has 21 heavy (non-hydrogen) atoms. The zero-order chi connectivity index (χ0) is 15.4. The Labute approximate surface area is 126 Å². The van der Waals surface area contributed by atoms with Gasteiger partial charge in [-0.1, -0.05) is 20.8 Å². The lowest BCUT2D eigenvalue weighted by Gasteiger charge is -2.19. The zero-order valence-electron chi connectivity index (χ0n) is 13.5. The van der Waals surface area contributed by atoms with Crippen molar-refractivity contribution in [2.75, 3.05) is 6.61 Å². The molecule has 3 nitrogen and oxygen atoms in total. The van der Waals surface area contributed by atoms with E-state index in [9.17, 15) is 4.79 Å². The number of Topliss-reactive ketones (excluding diaryl/α,β-unsaturated/α-hetero) is 1. The number of fused-ring (bicyclic) bond motifs is 1. The molecule has 1 fully saturated rings. The fraction of sp³-hybridized carbons (Fsp3) is 0.611. The summed E-state index contributed by atoms with van der Waals surface area (Å²) in [6.45, 7) is 11.1. The van der Waals surface area contributed by atoms with Gasteiger partial charge < -0.3 is 9.47 Å². The van der Waals surface area contributed by atoms with Crippen molar-refractivity contribution in [1.29, 1.82) is 0 Å². The number of hydrogen-bond donors (Lipinski definition) is 0. The lowest BCUT2D eigenvalue weighted by molar-refractivity contribution is 0.0491. The predicted octanol–water partition coefficient (Wildman–Crippen LogP) is 3.60. The molecule has 114 valence electrons. The summed E-state index contributed by atoms with van der Waals surface area (Å²) in [4.78, 5) is 12.9. The summed E-state index contributed by atoms with van der Waals surface area (Å²) in [6.07, 6.45) is 0.128. The van der Waals surface area contributed by atoms with Crippen molar-refractivity contribution in [1.82, 2.24) is 0 Å². The molecule has 0 aliphatic carbocycles. The van der Waals surface area contributed by atoms with Crippen LogP contribution in [0.5, 0.6) is 5.75 Å². The van der Waals surface area contributed by atoms with Crippen LogP contribution < -0.4 is 4.74 Å². The van der Waals surface area contributed by atoms with E-state index in [1.807, 2.05) is 32.0 Å². The van der Waals surface area contributed by atoms with E-state index in [1.54, 1.807) is 0 Å². The van der Waals surface area contributed by atoms with Crippen LogP contribution in [0.25, 0.3) is 0 Å². The average Bonchev–Trinajstić information content (AvgIpc) is 2.86. The van der Waals surface area contributed by atoms with E-state index in [1.165, 1.54) is 0 Å². The molecule has 2 aliphatic rings. The van der Waals surface area contributed by atoms with Gasteiger partial charge >= 0.3 is 0 Å². The topological polar surface area (TPSA) is 35.5 Å². The van der Waals surface area contributed by atoms with Crippen LogP contribution >= 0.6 is 0 Å². The smallest absolute Gasteiger partial charge is 0.168 e. The molecule has 0 radical (unpaired) electrons. The van der Waals surface area contributed by atoms with Gasteiger partial charge in [-0.3, -0.25) is 4.79 Å². The summed E-state index contributed by atoms with van der Waals surface area (Å²) in [5.74, 6) is 1.31. The van der Waals surface area contributed by atoms with Crippen molar-refractivity contribution in [3.8, 4) is 5.75 Å². The average molecular weight is 288 g/mol. The molecule has 2 aliphatic heterocycles. The lowest BCUT2D eigenvalue weighted by Crippen LogP contribution is -2.27. The van der Waals surface area contributed by atoms with E-state index in [0.717, 1.165) is 16.9 Å². The molecule has 3 rings (SSSR count). The maximum absolute atomic E-state index is 12.9. The second kappa shape index (κ2) is 4.84. The van der Waals surface area contributed by atoms with Crippen LogP contribution in [0.1, 0.15) is 50.5 Å². The van der Waals surface area contributed by atoms with Crippen molar-refractivity contribution in [3.05, 3.63) is 29.3 Å². The summed E-state index contributed by atoms with van der Waals surface area (Å²) in [7, 11) is 0. The highest BCUT2D eigenvalue weighted by atomic mass is 16.5. The van der Waals surface area contributed by atoms with E-state index < -0.39 is 0 Å². The van der Waals surface area contributed by atoms with Crippen molar-refractivity contribution in [2.24, 2.45) is 11.8 Å². The summed E-state index contributed by atoms with van der Waals surface area (Å²) in [6, 6.07) is 5.85. The number of ketones is 1. The number of benzene rings is 1. The van der Waals surface area contributed by atoms with Crippen LogP contribution in [0, 0.1) is 11.8 Å². The van der Waals surface area contributed by atoms with Crippen LogP contribution in [-0.4, -0.2) is 24.6 Å². The minimum absolute atomic E-state index is 0.0139. The van der Waals surface area contributed by atoms with Gasteiger partial charge in [0.1, 0.15) is 5.75 Å². The van der Waals surface area contributed by atoms with Crippen LogP contribution in [0.2, 0.25) is 0 Å². The summed E-state index contributed by atoms with van der Waals surface area (Å²) in [5, 5.41) is 0. The van der Waals surface area contributed by atoms with Crippen LogP contribution in [0.15, 0.2) is 18.2 Å². The highest BCUT2D eigenvalue weighted by Gasteiger charge is 2.42. The maximum atomic E-state index is 12.9. The number of carbonyl (C=O) groups is 1. The van der Waals surface area contributed by atoms with E-state index in [0.29, 0.717) is 6.61 Å². The summed E-state index contributed by atoms with van der Waals surface area (Å²) >= 11 is 0. The summed E-state index contributed by atoms with van der Waals surface area (Å²) < 4.78 is 11.5. The summed E-state index contributed by atoms with van der Waals surface area (Å²) in [5.41, 5.74) is 1.90. The van der Waals surface area contributed by atoms with E-state index in [2.05, 4.69) is 20.8 Å². The van der Waals surface area contributed by atoms with Gasteiger partial charge in [0, 0.05) is 16.5 Å². The first kappa shape index (κ1) is 14.6. The molecule has 2 heterocycles. The third-order valence-electron chi connectivity index (χ3n) is 5.13. The first-order chi connectivity index (χ1) is 9.81. The number of ether oxygens (including phenoxy) is 2. The Morgan fingerprint density at radius 2 is 1.90 bits per heavy atom. The second-order valence-corrected chi connectivity index (χ2v) is 7.18. The molecule has 1 aromatic rings. The molecular formula is C18H24O3. The predicted molar refractivity (Wildman–Crippen MR) is 82.0 cm³/mol. The van der Waals surface area contributed by atoms with Crippen LogP contribution in [0.4, 0.5) is 0 Å². The van der Waals surface area contributed by atoms with Crippen molar-refractivity contribution in [2.45, 2.75) is 52.2 Å². The molecule has 0 saturated carbocycles. The highest BCUT2D eigenvalue weighted by molar-refractivity contribution is 5.99. The minimum atomic E-state index is -0.0523. The molecule has 0 bridgehead atoms. The largest absolute Gasteiger partial charge is 0.492 e.